The molecule has 0 bridgehead atoms. The second-order valence-corrected chi connectivity index (χ2v) is 6.67. The molecule has 0 aliphatic rings. The summed E-state index contributed by atoms with van der Waals surface area (Å²) in [4.78, 5) is 0. The molecule has 0 aliphatic carbocycles. The Morgan fingerprint density at radius 3 is 2.04 bits per heavy atom. The van der Waals surface area contributed by atoms with Crippen molar-refractivity contribution in [1.82, 2.24) is 0 Å². The Labute approximate surface area is 159 Å². The lowest BCUT2D eigenvalue weighted by atomic mass is 9.93. The fraction of sp³-hybridized carbons (Fsp3) is 0.250. The minimum Gasteiger partial charge on any atom is -0.385 e. The average molecular weight is 366 g/mol. The normalized spacial score (nSPS) is 10.9. The van der Waals surface area contributed by atoms with Gasteiger partial charge in [0.05, 0.1) is 0 Å². The van der Waals surface area contributed by atoms with Crippen molar-refractivity contribution in [3.05, 3.63) is 83.9 Å². The van der Waals surface area contributed by atoms with Crippen molar-refractivity contribution in [3.8, 4) is 22.3 Å². The quantitative estimate of drug-likeness (QED) is 0.405. The maximum Gasteiger partial charge on any atom is 0.159 e. The summed E-state index contributed by atoms with van der Waals surface area (Å²) in [5.74, 6) is -1.66. The van der Waals surface area contributed by atoms with Gasteiger partial charge in [0.1, 0.15) is 0 Å². The minimum atomic E-state index is -0.828. The van der Waals surface area contributed by atoms with Crippen LogP contribution in [0.4, 0.5) is 8.78 Å². The van der Waals surface area contributed by atoms with Crippen molar-refractivity contribution >= 4 is 0 Å². The number of benzene rings is 3. The van der Waals surface area contributed by atoms with Crippen molar-refractivity contribution in [1.29, 1.82) is 0 Å². The lowest BCUT2D eigenvalue weighted by Crippen LogP contribution is -1.91. The molecule has 27 heavy (non-hydrogen) atoms. The van der Waals surface area contributed by atoms with Gasteiger partial charge in [0.15, 0.2) is 11.6 Å². The van der Waals surface area contributed by atoms with E-state index in [1.54, 1.807) is 13.2 Å². The summed E-state index contributed by atoms with van der Waals surface area (Å²) in [6.07, 6.45) is 4.45. The zero-order chi connectivity index (χ0) is 19.1. The minimum absolute atomic E-state index is 0.673. The summed E-state index contributed by atoms with van der Waals surface area (Å²) < 4.78 is 32.0. The van der Waals surface area contributed by atoms with Gasteiger partial charge < -0.3 is 4.74 Å². The molecule has 0 fully saturated rings. The van der Waals surface area contributed by atoms with Crippen LogP contribution in [0.1, 0.15) is 24.8 Å². The van der Waals surface area contributed by atoms with Gasteiger partial charge in [-0.25, -0.2) is 8.78 Å². The average Bonchev–Trinajstić information content (AvgIpc) is 2.70. The van der Waals surface area contributed by atoms with Crippen molar-refractivity contribution in [2.75, 3.05) is 13.7 Å². The molecule has 0 aliphatic heterocycles. The molecule has 0 heterocycles. The van der Waals surface area contributed by atoms with E-state index in [0.29, 0.717) is 5.56 Å². The third kappa shape index (κ3) is 5.01. The van der Waals surface area contributed by atoms with E-state index in [1.165, 1.54) is 17.7 Å². The van der Waals surface area contributed by atoms with Gasteiger partial charge in [0.2, 0.25) is 0 Å². The SMILES string of the molecule is COCCCCCc1ccc(-c2ccccc2-c2ccc(F)c(F)c2)cc1. The van der Waals surface area contributed by atoms with Crippen LogP contribution in [0.15, 0.2) is 66.7 Å². The smallest absolute Gasteiger partial charge is 0.159 e. The summed E-state index contributed by atoms with van der Waals surface area (Å²) >= 11 is 0. The van der Waals surface area contributed by atoms with E-state index in [0.717, 1.165) is 49.0 Å². The van der Waals surface area contributed by atoms with E-state index in [9.17, 15) is 8.78 Å². The molecular weight excluding hydrogens is 342 g/mol. The van der Waals surface area contributed by atoms with Crippen LogP contribution in [0.2, 0.25) is 0 Å². The molecule has 0 spiro atoms. The van der Waals surface area contributed by atoms with Crippen LogP contribution < -0.4 is 0 Å². The highest BCUT2D eigenvalue weighted by Gasteiger charge is 2.10. The lowest BCUT2D eigenvalue weighted by molar-refractivity contribution is 0.192. The first-order valence-corrected chi connectivity index (χ1v) is 9.32. The zero-order valence-electron chi connectivity index (χ0n) is 15.6. The third-order valence-corrected chi connectivity index (χ3v) is 4.74. The van der Waals surface area contributed by atoms with Crippen LogP contribution in [0.3, 0.4) is 0 Å². The van der Waals surface area contributed by atoms with E-state index in [2.05, 4.69) is 24.3 Å². The van der Waals surface area contributed by atoms with Gasteiger partial charge in [0.25, 0.3) is 0 Å². The zero-order valence-corrected chi connectivity index (χ0v) is 15.6. The predicted octanol–water partition coefficient (Wildman–Crippen LogP) is 6.66. The topological polar surface area (TPSA) is 9.23 Å². The van der Waals surface area contributed by atoms with Gasteiger partial charge in [-0.3, -0.25) is 0 Å². The Morgan fingerprint density at radius 1 is 0.704 bits per heavy atom. The molecular formula is C24H24F2O. The summed E-state index contributed by atoms with van der Waals surface area (Å²) in [6, 6.07) is 20.4. The second kappa shape index (κ2) is 9.43. The molecule has 3 heteroatoms. The fourth-order valence-electron chi connectivity index (χ4n) is 3.25. The molecule has 0 aromatic heterocycles. The number of ether oxygens (including phenoxy) is 1. The molecule has 3 aromatic carbocycles. The molecule has 0 radical (unpaired) electrons. The number of unbranched alkanes of at least 4 members (excludes halogenated alkanes) is 2. The lowest BCUT2D eigenvalue weighted by Gasteiger charge is -2.11. The van der Waals surface area contributed by atoms with Crippen molar-refractivity contribution in [2.45, 2.75) is 25.7 Å². The summed E-state index contributed by atoms with van der Waals surface area (Å²) in [6.45, 7) is 0.819. The van der Waals surface area contributed by atoms with E-state index in [-0.39, 0.29) is 0 Å². The van der Waals surface area contributed by atoms with Crippen molar-refractivity contribution < 1.29 is 13.5 Å². The summed E-state index contributed by atoms with van der Waals surface area (Å²) in [5, 5.41) is 0. The Balaban J connectivity index is 1.78. The van der Waals surface area contributed by atoms with Gasteiger partial charge >= 0.3 is 0 Å². The number of methoxy groups -OCH3 is 1. The van der Waals surface area contributed by atoms with Crippen molar-refractivity contribution in [2.24, 2.45) is 0 Å². The molecule has 0 atom stereocenters. The summed E-state index contributed by atoms with van der Waals surface area (Å²) in [7, 11) is 1.73. The molecule has 3 rings (SSSR count). The number of halogens is 2. The number of hydrogen-bond donors (Lipinski definition) is 0. The maximum absolute atomic E-state index is 13.7. The van der Waals surface area contributed by atoms with Crippen LogP contribution in [0.25, 0.3) is 22.3 Å². The standard InChI is InChI=1S/C24H24F2O/c1-27-16-6-2-3-7-18-10-12-19(13-11-18)21-8-4-5-9-22(21)20-14-15-23(25)24(26)17-20/h4-5,8-15,17H,2-3,6-7,16H2,1H3. The molecule has 3 aromatic rings. The van der Waals surface area contributed by atoms with Gasteiger partial charge in [-0.15, -0.1) is 0 Å². The van der Waals surface area contributed by atoms with Gasteiger partial charge in [-0.05, 0) is 59.2 Å². The molecule has 0 unspecified atom stereocenters. The Hall–Kier alpha value is -2.52. The third-order valence-electron chi connectivity index (χ3n) is 4.74. The van der Waals surface area contributed by atoms with Crippen LogP contribution in [0.5, 0.6) is 0 Å². The van der Waals surface area contributed by atoms with E-state index in [1.807, 2.05) is 24.3 Å². The van der Waals surface area contributed by atoms with Gasteiger partial charge in [0, 0.05) is 13.7 Å². The molecule has 0 N–H and O–H groups in total. The van der Waals surface area contributed by atoms with Crippen LogP contribution in [-0.4, -0.2) is 13.7 Å². The molecule has 0 amide bonds. The van der Waals surface area contributed by atoms with Gasteiger partial charge in [-0.2, -0.15) is 0 Å². The van der Waals surface area contributed by atoms with Crippen LogP contribution >= 0.6 is 0 Å². The molecule has 140 valence electrons. The van der Waals surface area contributed by atoms with Crippen LogP contribution in [-0.2, 0) is 11.2 Å². The molecule has 0 saturated heterocycles. The highest BCUT2D eigenvalue weighted by atomic mass is 19.2. The van der Waals surface area contributed by atoms with Crippen molar-refractivity contribution in [3.63, 3.8) is 0 Å². The second-order valence-electron chi connectivity index (χ2n) is 6.67. The van der Waals surface area contributed by atoms with E-state index >= 15 is 0 Å². The van der Waals surface area contributed by atoms with E-state index < -0.39 is 11.6 Å². The predicted molar refractivity (Wildman–Crippen MR) is 107 cm³/mol. The Kier molecular flexibility index (Phi) is 6.72. The molecule has 0 saturated carbocycles. The summed E-state index contributed by atoms with van der Waals surface area (Å²) in [5.41, 5.74) is 4.95. The Morgan fingerprint density at radius 2 is 1.37 bits per heavy atom. The first-order chi connectivity index (χ1) is 13.2. The fourth-order valence-corrected chi connectivity index (χ4v) is 3.25. The van der Waals surface area contributed by atoms with Gasteiger partial charge in [-0.1, -0.05) is 61.0 Å². The first kappa shape index (κ1) is 19.2. The van der Waals surface area contributed by atoms with Crippen LogP contribution in [0, 0.1) is 11.6 Å². The highest BCUT2D eigenvalue weighted by Crippen LogP contribution is 2.32. The highest BCUT2D eigenvalue weighted by molar-refractivity contribution is 5.83. The monoisotopic (exact) mass is 366 g/mol. The van der Waals surface area contributed by atoms with E-state index in [4.69, 9.17) is 4.74 Å². The number of aryl methyl sites for hydroxylation is 1. The molecule has 1 nitrogen and oxygen atoms in total. The largest absolute Gasteiger partial charge is 0.385 e. The maximum atomic E-state index is 13.7. The number of rotatable bonds is 8. The number of hydrogen-bond acceptors (Lipinski definition) is 1. The Bertz CT molecular complexity index is 872. The first-order valence-electron chi connectivity index (χ1n) is 9.32.